The SMILES string of the molecule is O=C(Nc1cccc([N+](=O)[O-])c1)c1ccc(-c2ccccc2C(F)(F)F)o1. The summed E-state index contributed by atoms with van der Waals surface area (Å²) in [5, 5.41) is 13.2. The molecular formula is C18H11F3N2O4. The number of benzene rings is 2. The molecule has 0 aliphatic rings. The van der Waals surface area contributed by atoms with E-state index < -0.39 is 22.6 Å². The minimum Gasteiger partial charge on any atom is -0.451 e. The molecule has 1 heterocycles. The van der Waals surface area contributed by atoms with Gasteiger partial charge in [0.2, 0.25) is 0 Å². The Morgan fingerprint density at radius 1 is 1.04 bits per heavy atom. The monoisotopic (exact) mass is 376 g/mol. The molecule has 0 bridgehead atoms. The highest BCUT2D eigenvalue weighted by atomic mass is 19.4. The first-order valence-electron chi connectivity index (χ1n) is 7.58. The van der Waals surface area contributed by atoms with Crippen LogP contribution in [-0.2, 0) is 6.18 Å². The molecule has 2 aromatic carbocycles. The van der Waals surface area contributed by atoms with E-state index in [2.05, 4.69) is 5.32 Å². The van der Waals surface area contributed by atoms with Gasteiger partial charge >= 0.3 is 6.18 Å². The lowest BCUT2D eigenvalue weighted by atomic mass is 10.1. The van der Waals surface area contributed by atoms with Crippen LogP contribution in [0.5, 0.6) is 0 Å². The normalized spacial score (nSPS) is 11.2. The van der Waals surface area contributed by atoms with Crippen LogP contribution in [0.1, 0.15) is 16.1 Å². The van der Waals surface area contributed by atoms with E-state index in [-0.39, 0.29) is 28.5 Å². The molecule has 9 heteroatoms. The van der Waals surface area contributed by atoms with Crippen molar-refractivity contribution in [3.63, 3.8) is 0 Å². The van der Waals surface area contributed by atoms with Crippen molar-refractivity contribution in [1.82, 2.24) is 0 Å². The highest BCUT2D eigenvalue weighted by molar-refractivity contribution is 6.02. The molecule has 1 amide bonds. The van der Waals surface area contributed by atoms with Crippen molar-refractivity contribution < 1.29 is 27.3 Å². The second kappa shape index (κ2) is 6.94. The van der Waals surface area contributed by atoms with E-state index in [4.69, 9.17) is 4.42 Å². The molecule has 3 rings (SSSR count). The second-order valence-corrected chi connectivity index (χ2v) is 5.47. The van der Waals surface area contributed by atoms with Gasteiger partial charge in [-0.05, 0) is 24.3 Å². The Kier molecular flexibility index (Phi) is 4.68. The van der Waals surface area contributed by atoms with Crippen molar-refractivity contribution in [2.75, 3.05) is 5.32 Å². The molecular weight excluding hydrogens is 365 g/mol. The predicted octanol–water partition coefficient (Wildman–Crippen LogP) is 5.13. The van der Waals surface area contributed by atoms with Crippen molar-refractivity contribution in [3.8, 4) is 11.3 Å². The van der Waals surface area contributed by atoms with Crippen molar-refractivity contribution >= 4 is 17.3 Å². The number of furan rings is 1. The van der Waals surface area contributed by atoms with Crippen LogP contribution in [0, 0.1) is 10.1 Å². The molecule has 0 aliphatic carbocycles. The van der Waals surface area contributed by atoms with Gasteiger partial charge in [0.05, 0.1) is 10.5 Å². The maximum atomic E-state index is 13.1. The third-order valence-corrected chi connectivity index (χ3v) is 3.64. The van der Waals surface area contributed by atoms with Gasteiger partial charge in [0.1, 0.15) is 5.76 Å². The number of nitro benzene ring substituents is 1. The Bertz CT molecular complexity index is 1010. The standard InChI is InChI=1S/C18H11F3N2O4/c19-18(20,21)14-7-2-1-6-13(14)15-8-9-16(27-15)17(24)22-11-4-3-5-12(10-11)23(25)26/h1-10H,(H,22,24). The molecule has 1 N–H and O–H groups in total. The molecule has 1 aromatic heterocycles. The third-order valence-electron chi connectivity index (χ3n) is 3.64. The smallest absolute Gasteiger partial charge is 0.417 e. The molecule has 0 spiro atoms. The molecule has 0 saturated heterocycles. The van der Waals surface area contributed by atoms with E-state index in [0.717, 1.165) is 12.1 Å². The first kappa shape index (κ1) is 18.2. The summed E-state index contributed by atoms with van der Waals surface area (Å²) in [6, 6.07) is 12.6. The molecule has 3 aromatic rings. The number of halogens is 3. The van der Waals surface area contributed by atoms with E-state index in [1.54, 1.807) is 0 Å². The maximum absolute atomic E-state index is 13.1. The Morgan fingerprint density at radius 3 is 2.48 bits per heavy atom. The Morgan fingerprint density at radius 2 is 1.78 bits per heavy atom. The van der Waals surface area contributed by atoms with E-state index in [1.807, 2.05) is 0 Å². The predicted molar refractivity (Wildman–Crippen MR) is 90.2 cm³/mol. The molecule has 6 nitrogen and oxygen atoms in total. The van der Waals surface area contributed by atoms with Crippen molar-refractivity contribution in [2.45, 2.75) is 6.18 Å². The van der Waals surface area contributed by atoms with Crippen LogP contribution in [0.25, 0.3) is 11.3 Å². The zero-order valence-electron chi connectivity index (χ0n) is 13.5. The van der Waals surface area contributed by atoms with Gasteiger partial charge in [-0.2, -0.15) is 13.2 Å². The number of nitrogens with one attached hydrogen (secondary N) is 1. The van der Waals surface area contributed by atoms with E-state index in [0.29, 0.717) is 0 Å². The summed E-state index contributed by atoms with van der Waals surface area (Å²) in [5.74, 6) is -1.09. The largest absolute Gasteiger partial charge is 0.451 e. The summed E-state index contributed by atoms with van der Waals surface area (Å²) in [4.78, 5) is 22.4. The zero-order valence-corrected chi connectivity index (χ0v) is 13.5. The third kappa shape index (κ3) is 3.97. The number of carbonyl (C=O) groups is 1. The van der Waals surface area contributed by atoms with E-state index >= 15 is 0 Å². The number of carbonyl (C=O) groups excluding carboxylic acids is 1. The van der Waals surface area contributed by atoms with Gasteiger partial charge in [0, 0.05) is 23.4 Å². The number of anilines is 1. The van der Waals surface area contributed by atoms with Gasteiger partial charge in [-0.15, -0.1) is 0 Å². The van der Waals surface area contributed by atoms with E-state index in [1.165, 1.54) is 48.5 Å². The van der Waals surface area contributed by atoms with Crippen LogP contribution < -0.4 is 5.32 Å². The Hall–Kier alpha value is -3.62. The quantitative estimate of drug-likeness (QED) is 0.505. The van der Waals surface area contributed by atoms with Crippen LogP contribution in [0.15, 0.2) is 65.1 Å². The van der Waals surface area contributed by atoms with Crippen molar-refractivity contribution in [3.05, 3.63) is 82.1 Å². The van der Waals surface area contributed by atoms with Gasteiger partial charge in [0.15, 0.2) is 5.76 Å². The fourth-order valence-corrected chi connectivity index (χ4v) is 2.44. The summed E-state index contributed by atoms with van der Waals surface area (Å²) in [6.45, 7) is 0. The average molecular weight is 376 g/mol. The number of amides is 1. The maximum Gasteiger partial charge on any atom is 0.417 e. The number of hydrogen-bond donors (Lipinski definition) is 1. The topological polar surface area (TPSA) is 85.4 Å². The molecule has 0 atom stereocenters. The Balaban J connectivity index is 1.85. The summed E-state index contributed by atoms with van der Waals surface area (Å²) < 4.78 is 44.6. The second-order valence-electron chi connectivity index (χ2n) is 5.47. The number of non-ortho nitro benzene ring substituents is 1. The summed E-state index contributed by atoms with van der Waals surface area (Å²) in [6.07, 6.45) is -4.57. The first-order valence-corrected chi connectivity index (χ1v) is 7.58. The highest BCUT2D eigenvalue weighted by Gasteiger charge is 2.34. The van der Waals surface area contributed by atoms with Crippen LogP contribution >= 0.6 is 0 Å². The minimum absolute atomic E-state index is 0.118. The molecule has 0 fully saturated rings. The lowest BCUT2D eigenvalue weighted by molar-refractivity contribution is -0.384. The van der Waals surface area contributed by atoms with Gasteiger partial charge in [-0.1, -0.05) is 24.3 Å². The fraction of sp³-hybridized carbons (Fsp3) is 0.0556. The molecule has 0 aliphatic heterocycles. The number of rotatable bonds is 4. The molecule has 0 radical (unpaired) electrons. The Labute approximate surface area is 150 Å². The molecule has 0 saturated carbocycles. The lowest BCUT2D eigenvalue weighted by Crippen LogP contribution is -2.11. The van der Waals surface area contributed by atoms with Crippen molar-refractivity contribution in [2.24, 2.45) is 0 Å². The number of alkyl halides is 3. The van der Waals surface area contributed by atoms with Crippen molar-refractivity contribution in [1.29, 1.82) is 0 Å². The summed E-state index contributed by atoms with van der Waals surface area (Å²) in [7, 11) is 0. The lowest BCUT2D eigenvalue weighted by Gasteiger charge is -2.10. The summed E-state index contributed by atoms with van der Waals surface area (Å²) >= 11 is 0. The van der Waals surface area contributed by atoms with Crippen LogP contribution in [0.4, 0.5) is 24.5 Å². The highest BCUT2D eigenvalue weighted by Crippen LogP contribution is 2.37. The zero-order chi connectivity index (χ0) is 19.6. The number of nitrogens with zero attached hydrogens (tertiary/aromatic N) is 1. The van der Waals surface area contributed by atoms with Gasteiger partial charge in [0.25, 0.3) is 11.6 Å². The van der Waals surface area contributed by atoms with Gasteiger partial charge in [-0.3, -0.25) is 14.9 Å². The van der Waals surface area contributed by atoms with Crippen LogP contribution in [0.2, 0.25) is 0 Å². The van der Waals surface area contributed by atoms with Gasteiger partial charge < -0.3 is 9.73 Å². The average Bonchev–Trinajstić information content (AvgIpc) is 3.11. The molecule has 27 heavy (non-hydrogen) atoms. The van der Waals surface area contributed by atoms with Crippen LogP contribution in [0.3, 0.4) is 0 Å². The fourth-order valence-electron chi connectivity index (χ4n) is 2.44. The van der Waals surface area contributed by atoms with Gasteiger partial charge in [-0.25, -0.2) is 0 Å². The number of hydrogen-bond acceptors (Lipinski definition) is 4. The number of nitro groups is 1. The van der Waals surface area contributed by atoms with Crippen LogP contribution in [-0.4, -0.2) is 10.8 Å². The molecule has 138 valence electrons. The summed E-state index contributed by atoms with van der Waals surface area (Å²) in [5.41, 5.74) is -1.14. The van der Waals surface area contributed by atoms with E-state index in [9.17, 15) is 28.1 Å². The first-order chi connectivity index (χ1) is 12.8. The molecule has 0 unspecified atom stereocenters. The minimum atomic E-state index is -4.57.